The summed E-state index contributed by atoms with van der Waals surface area (Å²) in [5, 5.41) is 4.21. The van der Waals surface area contributed by atoms with E-state index in [0.717, 1.165) is 10.2 Å². The second kappa shape index (κ2) is 4.98. The highest BCUT2D eigenvalue weighted by atomic mass is 79.9. The third-order valence-corrected chi connectivity index (χ3v) is 3.06. The van der Waals surface area contributed by atoms with Crippen LogP contribution in [0.2, 0.25) is 0 Å². The molecule has 0 aliphatic carbocycles. The molecule has 0 saturated carbocycles. The molecule has 1 atom stereocenters. The smallest absolute Gasteiger partial charge is 0.127 e. The van der Waals surface area contributed by atoms with Crippen LogP contribution in [0.4, 0.5) is 4.39 Å². The summed E-state index contributed by atoms with van der Waals surface area (Å²) in [6.07, 6.45) is 2.27. The zero-order valence-electron chi connectivity index (χ0n) is 9.40. The maximum absolute atomic E-state index is 13.6. The van der Waals surface area contributed by atoms with E-state index in [-0.39, 0.29) is 11.9 Å². The lowest BCUT2D eigenvalue weighted by Crippen LogP contribution is -2.15. The number of halogens is 2. The molecule has 1 aromatic carbocycles. The van der Waals surface area contributed by atoms with Gasteiger partial charge in [-0.2, -0.15) is 5.10 Å². The van der Waals surface area contributed by atoms with E-state index in [1.54, 1.807) is 10.7 Å². The summed E-state index contributed by atoms with van der Waals surface area (Å²) >= 11 is 3.22. The molecule has 0 amide bonds. The average molecular weight is 298 g/mol. The van der Waals surface area contributed by atoms with E-state index in [9.17, 15) is 4.39 Å². The van der Waals surface area contributed by atoms with E-state index in [1.165, 1.54) is 6.07 Å². The summed E-state index contributed by atoms with van der Waals surface area (Å²) in [5.41, 5.74) is 7.37. The van der Waals surface area contributed by atoms with Crippen LogP contribution >= 0.6 is 15.9 Å². The molecule has 2 aromatic rings. The van der Waals surface area contributed by atoms with Crippen molar-refractivity contribution >= 4 is 15.9 Å². The molecule has 3 nitrogen and oxygen atoms in total. The number of nitrogens with zero attached hydrogens (tertiary/aromatic N) is 2. The first-order valence-corrected chi connectivity index (χ1v) is 6.04. The van der Waals surface area contributed by atoms with Crippen molar-refractivity contribution in [2.75, 3.05) is 0 Å². The van der Waals surface area contributed by atoms with Gasteiger partial charge in [-0.15, -0.1) is 0 Å². The fraction of sp³-hybridized carbons (Fsp3) is 0.250. The molecule has 0 fully saturated rings. The fourth-order valence-corrected chi connectivity index (χ4v) is 1.99. The van der Waals surface area contributed by atoms with Crippen LogP contribution in [0.15, 0.2) is 34.9 Å². The Morgan fingerprint density at radius 2 is 2.24 bits per heavy atom. The van der Waals surface area contributed by atoms with Gasteiger partial charge in [0, 0.05) is 17.7 Å². The van der Waals surface area contributed by atoms with Crippen molar-refractivity contribution in [3.63, 3.8) is 0 Å². The van der Waals surface area contributed by atoms with E-state index in [1.807, 2.05) is 25.4 Å². The van der Waals surface area contributed by atoms with Gasteiger partial charge in [-0.1, -0.05) is 22.0 Å². The molecule has 0 bridgehead atoms. The number of nitrogens with two attached hydrogens (primary N) is 1. The van der Waals surface area contributed by atoms with E-state index in [2.05, 4.69) is 21.0 Å². The van der Waals surface area contributed by atoms with Crippen molar-refractivity contribution in [2.45, 2.75) is 12.5 Å². The Morgan fingerprint density at radius 3 is 2.82 bits per heavy atom. The second-order valence-corrected chi connectivity index (χ2v) is 4.88. The molecular formula is C12H13BrFN3. The van der Waals surface area contributed by atoms with Crippen molar-refractivity contribution in [3.8, 4) is 0 Å². The SMILES string of the molecule is Cn1ccc(C(N)Cc2ccc(Br)cc2F)n1. The highest BCUT2D eigenvalue weighted by molar-refractivity contribution is 9.10. The van der Waals surface area contributed by atoms with Crippen molar-refractivity contribution in [3.05, 3.63) is 52.0 Å². The molecule has 1 aromatic heterocycles. The summed E-state index contributed by atoms with van der Waals surface area (Å²) in [7, 11) is 1.83. The minimum Gasteiger partial charge on any atom is -0.322 e. The van der Waals surface area contributed by atoms with Crippen LogP contribution in [-0.4, -0.2) is 9.78 Å². The molecule has 1 unspecified atom stereocenters. The van der Waals surface area contributed by atoms with E-state index in [4.69, 9.17) is 5.73 Å². The predicted molar refractivity (Wildman–Crippen MR) is 67.9 cm³/mol. The molecule has 2 rings (SSSR count). The molecule has 0 aliphatic heterocycles. The number of hydrogen-bond acceptors (Lipinski definition) is 2. The summed E-state index contributed by atoms with van der Waals surface area (Å²) in [6.45, 7) is 0. The number of aromatic nitrogens is 2. The van der Waals surface area contributed by atoms with Crippen LogP contribution in [-0.2, 0) is 13.5 Å². The molecule has 2 N–H and O–H groups in total. The Balaban J connectivity index is 2.15. The summed E-state index contributed by atoms with van der Waals surface area (Å²) in [6, 6.07) is 6.56. The van der Waals surface area contributed by atoms with Crippen molar-refractivity contribution in [1.82, 2.24) is 9.78 Å². The van der Waals surface area contributed by atoms with Crippen LogP contribution < -0.4 is 5.73 Å². The molecular weight excluding hydrogens is 285 g/mol. The summed E-state index contributed by atoms with van der Waals surface area (Å²) in [4.78, 5) is 0. The Morgan fingerprint density at radius 1 is 1.47 bits per heavy atom. The molecule has 17 heavy (non-hydrogen) atoms. The number of hydrogen-bond donors (Lipinski definition) is 1. The Labute approximate surface area is 108 Å². The van der Waals surface area contributed by atoms with Gasteiger partial charge in [-0.25, -0.2) is 4.39 Å². The zero-order valence-corrected chi connectivity index (χ0v) is 11.0. The lowest BCUT2D eigenvalue weighted by molar-refractivity contribution is 0.585. The van der Waals surface area contributed by atoms with Gasteiger partial charge < -0.3 is 5.73 Å². The Kier molecular flexibility index (Phi) is 3.59. The number of benzene rings is 1. The van der Waals surface area contributed by atoms with Gasteiger partial charge in [0.25, 0.3) is 0 Å². The Bertz CT molecular complexity index is 524. The summed E-state index contributed by atoms with van der Waals surface area (Å²) in [5.74, 6) is -0.245. The van der Waals surface area contributed by atoms with Gasteiger partial charge in [0.05, 0.1) is 11.7 Å². The van der Waals surface area contributed by atoms with Gasteiger partial charge in [-0.05, 0) is 30.2 Å². The fourth-order valence-electron chi connectivity index (χ4n) is 1.66. The van der Waals surface area contributed by atoms with Crippen molar-refractivity contribution in [1.29, 1.82) is 0 Å². The first kappa shape index (κ1) is 12.3. The molecule has 0 spiro atoms. The molecule has 90 valence electrons. The first-order chi connectivity index (χ1) is 8.06. The topological polar surface area (TPSA) is 43.8 Å². The average Bonchev–Trinajstić information content (AvgIpc) is 2.69. The van der Waals surface area contributed by atoms with Crippen LogP contribution in [0.1, 0.15) is 17.3 Å². The molecule has 1 heterocycles. The standard InChI is InChI=1S/C12H13BrFN3/c1-17-5-4-12(16-17)11(15)6-8-2-3-9(13)7-10(8)14/h2-5,7,11H,6,15H2,1H3. The van der Waals surface area contributed by atoms with Crippen LogP contribution in [0.3, 0.4) is 0 Å². The quantitative estimate of drug-likeness (QED) is 0.946. The normalized spacial score (nSPS) is 12.7. The molecule has 5 heteroatoms. The monoisotopic (exact) mass is 297 g/mol. The molecule has 0 saturated heterocycles. The molecule has 0 aliphatic rings. The maximum atomic E-state index is 13.6. The number of aryl methyl sites for hydroxylation is 1. The summed E-state index contributed by atoms with van der Waals surface area (Å²) < 4.78 is 16.0. The second-order valence-electron chi connectivity index (χ2n) is 3.96. The van der Waals surface area contributed by atoms with Gasteiger partial charge in [-0.3, -0.25) is 4.68 Å². The first-order valence-electron chi connectivity index (χ1n) is 5.25. The van der Waals surface area contributed by atoms with Gasteiger partial charge in [0.15, 0.2) is 0 Å². The van der Waals surface area contributed by atoms with Crippen LogP contribution in [0.25, 0.3) is 0 Å². The minimum atomic E-state index is -0.285. The minimum absolute atomic E-state index is 0.245. The third-order valence-electron chi connectivity index (χ3n) is 2.57. The predicted octanol–water partition coefficient (Wildman–Crippen LogP) is 2.56. The Hall–Kier alpha value is -1.20. The number of rotatable bonds is 3. The van der Waals surface area contributed by atoms with Crippen molar-refractivity contribution < 1.29 is 4.39 Å². The zero-order chi connectivity index (χ0) is 12.4. The van der Waals surface area contributed by atoms with Crippen LogP contribution in [0.5, 0.6) is 0 Å². The third kappa shape index (κ3) is 2.92. The van der Waals surface area contributed by atoms with Gasteiger partial charge >= 0.3 is 0 Å². The van der Waals surface area contributed by atoms with E-state index in [0.29, 0.717) is 12.0 Å². The largest absolute Gasteiger partial charge is 0.322 e. The highest BCUT2D eigenvalue weighted by Crippen LogP contribution is 2.20. The van der Waals surface area contributed by atoms with Crippen molar-refractivity contribution in [2.24, 2.45) is 12.8 Å². The molecule has 0 radical (unpaired) electrons. The highest BCUT2D eigenvalue weighted by Gasteiger charge is 2.12. The lowest BCUT2D eigenvalue weighted by Gasteiger charge is -2.09. The van der Waals surface area contributed by atoms with Gasteiger partial charge in [0.2, 0.25) is 0 Å². The lowest BCUT2D eigenvalue weighted by atomic mass is 10.0. The van der Waals surface area contributed by atoms with Gasteiger partial charge in [0.1, 0.15) is 5.82 Å². The van der Waals surface area contributed by atoms with Crippen LogP contribution in [0, 0.1) is 5.82 Å². The maximum Gasteiger partial charge on any atom is 0.127 e. The van der Waals surface area contributed by atoms with E-state index < -0.39 is 0 Å². The van der Waals surface area contributed by atoms with E-state index >= 15 is 0 Å².